The summed E-state index contributed by atoms with van der Waals surface area (Å²) >= 11 is 0. The van der Waals surface area contributed by atoms with Crippen LogP contribution in [0.2, 0.25) is 0 Å². The van der Waals surface area contributed by atoms with Crippen LogP contribution >= 0.6 is 0 Å². The predicted molar refractivity (Wildman–Crippen MR) is 144 cm³/mol. The number of hydrogen-bond donors (Lipinski definition) is 1. The van der Waals surface area contributed by atoms with Crippen molar-refractivity contribution in [3.8, 4) is 17.3 Å². The van der Waals surface area contributed by atoms with Crippen LogP contribution in [0.15, 0.2) is 58.1 Å². The van der Waals surface area contributed by atoms with Gasteiger partial charge in [0.15, 0.2) is 0 Å². The highest BCUT2D eigenvalue weighted by Crippen LogP contribution is 2.38. The maximum Gasteiger partial charge on any atom is 0.441 e. The first-order chi connectivity index (χ1) is 16.5. The Morgan fingerprint density at radius 2 is 1.54 bits per heavy atom. The molecule has 1 unspecified atom stereocenters. The van der Waals surface area contributed by atoms with Crippen molar-refractivity contribution in [3.63, 3.8) is 0 Å². The van der Waals surface area contributed by atoms with Gasteiger partial charge in [0.2, 0.25) is 15.6 Å². The standard InChI is InChI=1S/C27H34N6OS/c1-18(2)25-12-22(23-14-29-20(5)30-15-23)13-26(19(3)4)27(25)31-17-32-35(28,34)24-10-8-21(9-11-24)16-33(6)7/h8-15,18-19,28H,16H2,1-7H3/p+1. The van der Waals surface area contributed by atoms with E-state index in [0.29, 0.717) is 4.90 Å². The summed E-state index contributed by atoms with van der Waals surface area (Å²) in [6, 6.07) is 11.5. The van der Waals surface area contributed by atoms with E-state index < -0.39 is 9.92 Å². The molecule has 2 aromatic carbocycles. The normalized spacial score (nSPS) is 13.0. The average Bonchev–Trinajstić information content (AvgIpc) is 2.79. The molecule has 0 bridgehead atoms. The maximum absolute atomic E-state index is 13.1. The van der Waals surface area contributed by atoms with Gasteiger partial charge in [-0.15, -0.1) is 0 Å². The van der Waals surface area contributed by atoms with Crippen molar-refractivity contribution in [2.45, 2.75) is 57.9 Å². The van der Waals surface area contributed by atoms with Gasteiger partial charge in [0.25, 0.3) is 0 Å². The van der Waals surface area contributed by atoms with Gasteiger partial charge in [-0.05, 0) is 68.2 Å². The van der Waals surface area contributed by atoms with E-state index in [0.717, 1.165) is 45.9 Å². The molecule has 0 saturated heterocycles. The molecular weight excluding hydrogens is 456 g/mol. The van der Waals surface area contributed by atoms with Gasteiger partial charge in [-0.1, -0.05) is 39.8 Å². The molecule has 1 aromatic heterocycles. The number of benzene rings is 2. The Morgan fingerprint density at radius 3 is 2.03 bits per heavy atom. The number of nitrogens with zero attached hydrogens (tertiary/aromatic N) is 5. The third-order valence-corrected chi connectivity index (χ3v) is 6.93. The van der Waals surface area contributed by atoms with Gasteiger partial charge in [0, 0.05) is 35.6 Å². The fourth-order valence-corrected chi connectivity index (χ4v) is 4.53. The van der Waals surface area contributed by atoms with Gasteiger partial charge in [0.1, 0.15) is 5.82 Å². The van der Waals surface area contributed by atoms with Crippen LogP contribution in [0.3, 0.4) is 0 Å². The molecule has 7 nitrogen and oxygen atoms in total. The quantitative estimate of drug-likeness (QED) is 0.423. The summed E-state index contributed by atoms with van der Waals surface area (Å²) < 4.78 is 17.1. The minimum Gasteiger partial charge on any atom is -0.305 e. The predicted octanol–water partition coefficient (Wildman–Crippen LogP) is 6.08. The Bertz CT molecular complexity index is 1330. The summed E-state index contributed by atoms with van der Waals surface area (Å²) in [5, 5.41) is 6.08. The second-order valence-corrected chi connectivity index (χ2v) is 11.4. The summed E-state index contributed by atoms with van der Waals surface area (Å²) in [6.45, 7) is 11.1. The smallest absolute Gasteiger partial charge is 0.305 e. The van der Waals surface area contributed by atoms with E-state index in [1.807, 2.05) is 45.5 Å². The Labute approximate surface area is 209 Å². The molecule has 0 aliphatic heterocycles. The van der Waals surface area contributed by atoms with Crippen LogP contribution in [-0.4, -0.2) is 33.2 Å². The Kier molecular flexibility index (Phi) is 8.39. The highest BCUT2D eigenvalue weighted by Gasteiger charge is 2.21. The largest absolute Gasteiger partial charge is 0.441 e. The van der Waals surface area contributed by atoms with Crippen LogP contribution in [0.5, 0.6) is 0 Å². The lowest BCUT2D eigenvalue weighted by atomic mass is 9.89. The minimum absolute atomic E-state index is 0.200. The number of aryl methyl sites for hydroxylation is 1. The highest BCUT2D eigenvalue weighted by molar-refractivity contribution is 7.91. The van der Waals surface area contributed by atoms with E-state index in [-0.39, 0.29) is 11.8 Å². The van der Waals surface area contributed by atoms with Crippen LogP contribution in [-0.2, 0) is 16.5 Å². The van der Waals surface area contributed by atoms with Crippen molar-refractivity contribution in [2.75, 3.05) is 14.1 Å². The summed E-state index contributed by atoms with van der Waals surface area (Å²) in [5.74, 6) is 1.13. The van der Waals surface area contributed by atoms with Crippen LogP contribution in [0.25, 0.3) is 16.0 Å². The maximum atomic E-state index is 13.1. The molecule has 3 rings (SSSR count). The van der Waals surface area contributed by atoms with E-state index in [2.05, 4.69) is 70.1 Å². The van der Waals surface area contributed by atoms with Gasteiger partial charge >= 0.3 is 6.19 Å². The molecule has 0 saturated carbocycles. The zero-order chi connectivity index (χ0) is 25.8. The third-order valence-electron chi connectivity index (χ3n) is 5.63. The molecule has 8 heteroatoms. The Hall–Kier alpha value is -3.12. The Balaban J connectivity index is 2.05. The van der Waals surface area contributed by atoms with Crippen LogP contribution in [0.4, 0.5) is 5.69 Å². The number of rotatable bonds is 6. The number of nitrogens with two attached hydrogens (primary N) is 1. The molecule has 2 N–H and O–H groups in total. The first-order valence-electron chi connectivity index (χ1n) is 11.7. The zero-order valence-corrected chi connectivity index (χ0v) is 22.4. The highest BCUT2D eigenvalue weighted by atomic mass is 32.2. The lowest BCUT2D eigenvalue weighted by Gasteiger charge is -2.14. The molecule has 0 aliphatic rings. The van der Waals surface area contributed by atoms with E-state index in [4.69, 9.17) is 5.14 Å². The molecule has 0 fully saturated rings. The second kappa shape index (κ2) is 11.1. The summed E-state index contributed by atoms with van der Waals surface area (Å²) in [6.07, 6.45) is 6.34. The van der Waals surface area contributed by atoms with Gasteiger partial charge in [0.05, 0.1) is 9.26 Å². The minimum atomic E-state index is -3.16. The fraction of sp³-hybridized carbons (Fsp3) is 0.370. The van der Waals surface area contributed by atoms with E-state index in [1.165, 1.54) is 0 Å². The van der Waals surface area contributed by atoms with Gasteiger partial charge in [-0.3, -0.25) is 0 Å². The second-order valence-electron chi connectivity index (χ2n) is 9.59. The van der Waals surface area contributed by atoms with Gasteiger partial charge in [-0.2, -0.15) is 4.85 Å². The molecule has 1 heterocycles. The fourth-order valence-electron chi connectivity index (χ4n) is 3.74. The number of aromatic nitrogens is 2. The van der Waals surface area contributed by atoms with E-state index in [9.17, 15) is 4.21 Å². The molecule has 0 aliphatic carbocycles. The first kappa shape index (κ1) is 26.5. The zero-order valence-electron chi connectivity index (χ0n) is 21.6. The molecular formula is C27H35N6OS+. The van der Waals surface area contributed by atoms with Crippen molar-refractivity contribution >= 4 is 15.6 Å². The molecule has 0 amide bonds. The first-order valence-corrected chi connectivity index (χ1v) is 13.3. The SMILES string of the molecule is Cc1ncc(-c2cc(C(C)C)c([N+]#CN=S(N)(=O)c3ccc(CN(C)C)cc3)c(C(C)C)c2)cn1. The van der Waals surface area contributed by atoms with E-state index >= 15 is 0 Å². The van der Waals surface area contributed by atoms with Gasteiger partial charge < -0.3 is 4.90 Å². The summed E-state index contributed by atoms with van der Waals surface area (Å²) in [4.78, 5) is 15.7. The van der Waals surface area contributed by atoms with Crippen molar-refractivity contribution in [3.05, 3.63) is 76.2 Å². The van der Waals surface area contributed by atoms with Crippen molar-refractivity contribution < 1.29 is 4.21 Å². The van der Waals surface area contributed by atoms with Crippen LogP contribution in [0, 0.1) is 13.1 Å². The Morgan fingerprint density at radius 1 is 1.00 bits per heavy atom. The summed E-state index contributed by atoms with van der Waals surface area (Å²) in [5.41, 5.74) is 5.97. The molecule has 184 valence electrons. The van der Waals surface area contributed by atoms with Crippen molar-refractivity contribution in [1.29, 1.82) is 0 Å². The van der Waals surface area contributed by atoms with Crippen molar-refractivity contribution in [1.82, 2.24) is 14.9 Å². The van der Waals surface area contributed by atoms with Crippen LogP contribution in [0.1, 0.15) is 62.0 Å². The molecule has 1 atom stereocenters. The van der Waals surface area contributed by atoms with Gasteiger partial charge in [-0.25, -0.2) is 19.3 Å². The number of hydrogen-bond acceptors (Lipinski definition) is 5. The van der Waals surface area contributed by atoms with Crippen molar-refractivity contribution in [2.24, 2.45) is 9.50 Å². The molecule has 0 spiro atoms. The summed E-state index contributed by atoms with van der Waals surface area (Å²) in [7, 11) is 0.840. The topological polar surface area (TPSA) is 88.8 Å². The average molecular weight is 492 g/mol. The molecule has 35 heavy (non-hydrogen) atoms. The molecule has 3 aromatic rings. The lowest BCUT2D eigenvalue weighted by Crippen LogP contribution is -2.13. The van der Waals surface area contributed by atoms with E-state index in [1.54, 1.807) is 12.1 Å². The third kappa shape index (κ3) is 6.73. The monoisotopic (exact) mass is 491 g/mol. The lowest BCUT2D eigenvalue weighted by molar-refractivity contribution is 0.402. The molecule has 0 radical (unpaired) electrons. The van der Waals surface area contributed by atoms with Crippen LogP contribution < -0.4 is 5.14 Å².